The third kappa shape index (κ3) is 4.59. The Labute approximate surface area is 150 Å². The molecule has 2 rings (SSSR count). The van der Waals surface area contributed by atoms with Gasteiger partial charge in [0.05, 0.1) is 10.9 Å². The van der Waals surface area contributed by atoms with Crippen LogP contribution in [0.4, 0.5) is 0 Å². The van der Waals surface area contributed by atoms with Crippen molar-refractivity contribution in [1.82, 2.24) is 19.8 Å². The Kier molecular flexibility index (Phi) is 6.71. The van der Waals surface area contributed by atoms with Gasteiger partial charge in [-0.1, -0.05) is 12.1 Å². The molecule has 140 valence electrons. The number of hydrogen-bond donors (Lipinski definition) is 2. The van der Waals surface area contributed by atoms with E-state index in [2.05, 4.69) is 10.3 Å². The molecule has 2 amide bonds. The van der Waals surface area contributed by atoms with Gasteiger partial charge in [-0.2, -0.15) is 0 Å². The fourth-order valence-corrected chi connectivity index (χ4v) is 2.74. The largest absolute Gasteiger partial charge is 0.355 e. The lowest BCUT2D eigenvalue weighted by atomic mass is 10.2. The molecule has 2 aromatic rings. The van der Waals surface area contributed by atoms with Crippen LogP contribution in [-0.2, 0) is 16.1 Å². The molecule has 8 nitrogen and oxygen atoms in total. The Hall–Kier alpha value is -2.90. The first-order chi connectivity index (χ1) is 12.5. The van der Waals surface area contributed by atoms with Crippen molar-refractivity contribution in [3.8, 4) is 0 Å². The van der Waals surface area contributed by atoms with E-state index in [0.29, 0.717) is 43.4 Å². The predicted octanol–water partition coefficient (Wildman–Crippen LogP) is 0.455. The maximum atomic E-state index is 12.4. The first-order valence-electron chi connectivity index (χ1n) is 8.74. The summed E-state index contributed by atoms with van der Waals surface area (Å²) in [5, 5.41) is 2.99. The molecule has 0 aliphatic carbocycles. The van der Waals surface area contributed by atoms with Crippen molar-refractivity contribution in [3.63, 3.8) is 0 Å². The van der Waals surface area contributed by atoms with Crippen LogP contribution in [0.25, 0.3) is 10.9 Å². The van der Waals surface area contributed by atoms with Gasteiger partial charge in [-0.15, -0.1) is 0 Å². The molecule has 0 aliphatic heterocycles. The number of fused-ring (bicyclic) bond motifs is 1. The Morgan fingerprint density at radius 1 is 1.15 bits per heavy atom. The van der Waals surface area contributed by atoms with Crippen LogP contribution < -0.4 is 16.6 Å². The summed E-state index contributed by atoms with van der Waals surface area (Å²) in [5.74, 6) is -0.394. The fraction of sp³-hybridized carbons (Fsp3) is 0.444. The van der Waals surface area contributed by atoms with Crippen molar-refractivity contribution in [3.05, 3.63) is 45.1 Å². The normalized spacial score (nSPS) is 10.7. The summed E-state index contributed by atoms with van der Waals surface area (Å²) in [4.78, 5) is 52.6. The van der Waals surface area contributed by atoms with Crippen molar-refractivity contribution in [2.24, 2.45) is 0 Å². The Bertz CT molecular complexity index is 896. The summed E-state index contributed by atoms with van der Waals surface area (Å²) in [6, 6.07) is 6.64. The van der Waals surface area contributed by atoms with Crippen molar-refractivity contribution in [2.45, 2.75) is 33.2 Å². The van der Waals surface area contributed by atoms with Gasteiger partial charge in [-0.3, -0.25) is 19.0 Å². The molecule has 0 aliphatic rings. The number of nitrogens with zero attached hydrogens (tertiary/aromatic N) is 2. The molecule has 0 spiro atoms. The second-order valence-electron chi connectivity index (χ2n) is 5.89. The third-order valence-corrected chi connectivity index (χ3v) is 4.20. The number of aromatic nitrogens is 2. The molecule has 1 aromatic heterocycles. The molecule has 0 saturated carbocycles. The van der Waals surface area contributed by atoms with Crippen LogP contribution in [0.15, 0.2) is 33.9 Å². The van der Waals surface area contributed by atoms with Gasteiger partial charge in [0, 0.05) is 26.1 Å². The van der Waals surface area contributed by atoms with Crippen LogP contribution in [0.3, 0.4) is 0 Å². The van der Waals surface area contributed by atoms with Crippen molar-refractivity contribution < 1.29 is 9.59 Å². The first-order valence-corrected chi connectivity index (χ1v) is 8.74. The third-order valence-electron chi connectivity index (χ3n) is 4.20. The van der Waals surface area contributed by atoms with Gasteiger partial charge in [0.25, 0.3) is 5.56 Å². The van der Waals surface area contributed by atoms with Crippen LogP contribution in [-0.4, -0.2) is 45.9 Å². The van der Waals surface area contributed by atoms with Gasteiger partial charge in [-0.05, 0) is 32.4 Å². The number of amides is 2. The number of benzene rings is 1. The van der Waals surface area contributed by atoms with E-state index in [9.17, 15) is 19.2 Å². The molecule has 8 heteroatoms. The molecule has 26 heavy (non-hydrogen) atoms. The molecule has 0 atom stereocenters. The highest BCUT2D eigenvalue weighted by Gasteiger charge is 2.12. The fourth-order valence-electron chi connectivity index (χ4n) is 2.74. The second-order valence-corrected chi connectivity index (χ2v) is 5.89. The lowest BCUT2D eigenvalue weighted by Gasteiger charge is -2.18. The number of carbonyl (C=O) groups excluding carboxylic acids is 2. The topological polar surface area (TPSA) is 104 Å². The van der Waals surface area contributed by atoms with E-state index in [1.54, 1.807) is 29.2 Å². The average molecular weight is 360 g/mol. The number of H-pyrrole nitrogens is 1. The molecule has 1 heterocycles. The molecule has 0 saturated heterocycles. The van der Waals surface area contributed by atoms with Crippen LogP contribution in [0.2, 0.25) is 0 Å². The maximum Gasteiger partial charge on any atom is 0.329 e. The van der Waals surface area contributed by atoms with Gasteiger partial charge in [0.15, 0.2) is 0 Å². The van der Waals surface area contributed by atoms with Gasteiger partial charge < -0.3 is 15.2 Å². The lowest BCUT2D eigenvalue weighted by molar-refractivity contribution is -0.131. The van der Waals surface area contributed by atoms with E-state index in [1.165, 1.54) is 0 Å². The van der Waals surface area contributed by atoms with E-state index in [4.69, 9.17) is 0 Å². The molecule has 0 unspecified atom stereocenters. The van der Waals surface area contributed by atoms with Crippen molar-refractivity contribution in [2.75, 3.05) is 19.6 Å². The Morgan fingerprint density at radius 2 is 1.85 bits per heavy atom. The van der Waals surface area contributed by atoms with Gasteiger partial charge in [-0.25, -0.2) is 4.79 Å². The van der Waals surface area contributed by atoms with E-state index in [0.717, 1.165) is 4.57 Å². The average Bonchev–Trinajstić information content (AvgIpc) is 2.63. The van der Waals surface area contributed by atoms with Crippen LogP contribution in [0.5, 0.6) is 0 Å². The first kappa shape index (κ1) is 19.4. The smallest absolute Gasteiger partial charge is 0.329 e. The highest BCUT2D eigenvalue weighted by Crippen LogP contribution is 2.02. The summed E-state index contributed by atoms with van der Waals surface area (Å²) in [5.41, 5.74) is -0.689. The zero-order chi connectivity index (χ0) is 19.1. The van der Waals surface area contributed by atoms with Crippen LogP contribution in [0, 0.1) is 0 Å². The zero-order valence-corrected chi connectivity index (χ0v) is 15.1. The number of para-hydroxylation sites is 1. The van der Waals surface area contributed by atoms with Gasteiger partial charge in [0.2, 0.25) is 11.8 Å². The second kappa shape index (κ2) is 8.98. The number of rotatable bonds is 8. The number of aromatic amines is 1. The minimum Gasteiger partial charge on any atom is -0.355 e. The summed E-state index contributed by atoms with van der Waals surface area (Å²) in [6.07, 6.45) is 0.850. The standard InChI is InChI=1S/C18H24N4O4/c1-3-21(4-2)16(24)10-7-11-19-15(23)12-22-17(25)13-8-5-6-9-14(13)20-18(22)26/h5-6,8-9H,3-4,7,10-12H2,1-2H3,(H,19,23)(H,20,26). The minimum absolute atomic E-state index is 0.0476. The van der Waals surface area contributed by atoms with E-state index < -0.39 is 17.2 Å². The number of hydrogen-bond acceptors (Lipinski definition) is 4. The van der Waals surface area contributed by atoms with Crippen LogP contribution in [0.1, 0.15) is 26.7 Å². The lowest BCUT2D eigenvalue weighted by Crippen LogP contribution is -2.40. The molecular formula is C18H24N4O4. The Morgan fingerprint density at radius 3 is 2.54 bits per heavy atom. The number of carbonyl (C=O) groups is 2. The summed E-state index contributed by atoms with van der Waals surface area (Å²) in [7, 11) is 0. The van der Waals surface area contributed by atoms with Crippen molar-refractivity contribution >= 4 is 22.7 Å². The molecule has 1 aromatic carbocycles. The van der Waals surface area contributed by atoms with Crippen LogP contribution >= 0.6 is 0 Å². The Balaban J connectivity index is 1.93. The highest BCUT2D eigenvalue weighted by atomic mass is 16.2. The molecule has 0 radical (unpaired) electrons. The predicted molar refractivity (Wildman–Crippen MR) is 99.0 cm³/mol. The molecule has 0 bridgehead atoms. The number of nitrogens with one attached hydrogen (secondary N) is 2. The van der Waals surface area contributed by atoms with E-state index in [-0.39, 0.29) is 12.5 Å². The highest BCUT2D eigenvalue weighted by molar-refractivity contribution is 5.79. The molecule has 2 N–H and O–H groups in total. The monoisotopic (exact) mass is 360 g/mol. The van der Waals surface area contributed by atoms with E-state index >= 15 is 0 Å². The minimum atomic E-state index is -0.624. The van der Waals surface area contributed by atoms with Gasteiger partial charge in [0.1, 0.15) is 6.54 Å². The van der Waals surface area contributed by atoms with E-state index in [1.807, 2.05) is 13.8 Å². The van der Waals surface area contributed by atoms with Gasteiger partial charge >= 0.3 is 5.69 Å². The zero-order valence-electron chi connectivity index (χ0n) is 15.1. The summed E-state index contributed by atoms with van der Waals surface area (Å²) < 4.78 is 0.874. The molecular weight excluding hydrogens is 336 g/mol. The summed E-state index contributed by atoms with van der Waals surface area (Å²) >= 11 is 0. The molecule has 0 fully saturated rings. The maximum absolute atomic E-state index is 12.4. The summed E-state index contributed by atoms with van der Waals surface area (Å²) in [6.45, 7) is 5.11. The van der Waals surface area contributed by atoms with Crippen molar-refractivity contribution in [1.29, 1.82) is 0 Å². The SMILES string of the molecule is CCN(CC)C(=O)CCCNC(=O)Cn1c(=O)[nH]c2ccccc2c1=O. The quantitative estimate of drug-likeness (QED) is 0.667.